The van der Waals surface area contributed by atoms with Crippen molar-refractivity contribution >= 4 is 22.6 Å². The number of rotatable bonds is 9. The molecule has 0 aliphatic carbocycles. The largest absolute Gasteiger partial charge is 0.379 e. The molecule has 1 fully saturated rings. The van der Waals surface area contributed by atoms with Crippen LogP contribution in [0.3, 0.4) is 0 Å². The molecule has 0 bridgehead atoms. The molecule has 0 unspecified atom stereocenters. The highest BCUT2D eigenvalue weighted by Crippen LogP contribution is 2.13. The fourth-order valence-corrected chi connectivity index (χ4v) is 4.43. The molecule has 182 valence electrons. The maximum atomic E-state index is 13.3. The Balaban J connectivity index is 1.65. The number of pyridine rings is 2. The van der Waals surface area contributed by atoms with Crippen LogP contribution in [0.15, 0.2) is 29.2 Å². The highest BCUT2D eigenvalue weighted by atomic mass is 16.5. The van der Waals surface area contributed by atoms with Gasteiger partial charge in [0.1, 0.15) is 16.8 Å². The minimum atomic E-state index is -0.327. The Morgan fingerprint density at radius 3 is 2.74 bits per heavy atom. The molecule has 1 aliphatic rings. The van der Waals surface area contributed by atoms with Gasteiger partial charge >= 0.3 is 0 Å². The van der Waals surface area contributed by atoms with Gasteiger partial charge < -0.3 is 14.6 Å². The maximum Gasteiger partial charge on any atom is 0.267 e. The van der Waals surface area contributed by atoms with E-state index in [9.17, 15) is 9.59 Å². The fraction of sp³-hybridized carbons (Fsp3) is 0.520. The standard InChI is InChI=1S/C25H34N6O3/c1-3-4-5-11-30-21(26)19(24(32)27-9-7-10-29-13-15-34-16-14-29)17-20-23(30)28-22-18(2)8-6-12-31(22)25(20)33/h6,8,12,17,26H,3-5,7,9-11,13-16H2,1-2H3,(H,27,32). The van der Waals surface area contributed by atoms with Crippen LogP contribution < -0.4 is 16.4 Å². The van der Waals surface area contributed by atoms with E-state index in [0.29, 0.717) is 29.8 Å². The van der Waals surface area contributed by atoms with Gasteiger partial charge in [-0.1, -0.05) is 25.8 Å². The second-order valence-electron chi connectivity index (χ2n) is 8.87. The van der Waals surface area contributed by atoms with Crippen molar-refractivity contribution in [2.75, 3.05) is 39.4 Å². The minimum absolute atomic E-state index is 0.0964. The number of aromatic nitrogens is 3. The number of aryl methyl sites for hydroxylation is 2. The van der Waals surface area contributed by atoms with Gasteiger partial charge in [-0.3, -0.25) is 24.3 Å². The zero-order valence-electron chi connectivity index (χ0n) is 20.1. The summed E-state index contributed by atoms with van der Waals surface area (Å²) in [4.78, 5) is 33.5. The Bertz CT molecular complexity index is 1290. The number of nitrogens with zero attached hydrogens (tertiary/aromatic N) is 4. The van der Waals surface area contributed by atoms with Gasteiger partial charge in [-0.2, -0.15) is 0 Å². The van der Waals surface area contributed by atoms with Gasteiger partial charge in [0, 0.05) is 32.4 Å². The number of amides is 1. The lowest BCUT2D eigenvalue weighted by molar-refractivity contribution is 0.0374. The molecule has 0 radical (unpaired) electrons. The Kier molecular flexibility index (Phi) is 7.74. The molecule has 0 atom stereocenters. The van der Waals surface area contributed by atoms with E-state index in [1.165, 1.54) is 10.5 Å². The highest BCUT2D eigenvalue weighted by Gasteiger charge is 2.18. The van der Waals surface area contributed by atoms with E-state index in [1.807, 2.05) is 19.1 Å². The summed E-state index contributed by atoms with van der Waals surface area (Å²) in [6, 6.07) is 5.26. The molecule has 1 aliphatic heterocycles. The molecule has 3 aromatic heterocycles. The van der Waals surface area contributed by atoms with Crippen LogP contribution in [0.1, 0.15) is 48.5 Å². The number of hydrogen-bond donors (Lipinski definition) is 2. The van der Waals surface area contributed by atoms with Crippen LogP contribution in [0.25, 0.3) is 16.7 Å². The highest BCUT2D eigenvalue weighted by molar-refractivity contribution is 5.96. The van der Waals surface area contributed by atoms with Crippen LogP contribution in [0.4, 0.5) is 0 Å². The molecule has 1 amide bonds. The van der Waals surface area contributed by atoms with Crippen molar-refractivity contribution in [3.05, 3.63) is 51.4 Å². The van der Waals surface area contributed by atoms with E-state index < -0.39 is 0 Å². The smallest absolute Gasteiger partial charge is 0.267 e. The second-order valence-corrected chi connectivity index (χ2v) is 8.87. The molecule has 34 heavy (non-hydrogen) atoms. The van der Waals surface area contributed by atoms with Gasteiger partial charge in [0.2, 0.25) is 0 Å². The predicted molar refractivity (Wildman–Crippen MR) is 131 cm³/mol. The molecule has 9 heteroatoms. The third-order valence-corrected chi connectivity index (χ3v) is 6.40. The molecule has 3 aromatic rings. The van der Waals surface area contributed by atoms with Crippen LogP contribution in [-0.2, 0) is 11.3 Å². The molecule has 0 aromatic carbocycles. The number of hydrogen-bond acceptors (Lipinski definition) is 6. The van der Waals surface area contributed by atoms with Crippen molar-refractivity contribution in [2.24, 2.45) is 0 Å². The fourth-order valence-electron chi connectivity index (χ4n) is 4.43. The monoisotopic (exact) mass is 466 g/mol. The summed E-state index contributed by atoms with van der Waals surface area (Å²) in [5.74, 6) is -0.327. The van der Waals surface area contributed by atoms with Crippen LogP contribution >= 0.6 is 0 Å². The first-order chi connectivity index (χ1) is 16.5. The number of morpholine rings is 1. The van der Waals surface area contributed by atoms with E-state index in [4.69, 9.17) is 15.1 Å². The second kappa shape index (κ2) is 10.9. The Morgan fingerprint density at radius 2 is 1.97 bits per heavy atom. The minimum Gasteiger partial charge on any atom is -0.379 e. The van der Waals surface area contributed by atoms with Gasteiger partial charge in [0.15, 0.2) is 0 Å². The molecular weight excluding hydrogens is 432 g/mol. The van der Waals surface area contributed by atoms with Crippen LogP contribution in [0.2, 0.25) is 0 Å². The maximum absolute atomic E-state index is 13.3. The van der Waals surface area contributed by atoms with Gasteiger partial charge in [-0.05, 0) is 44.0 Å². The van der Waals surface area contributed by atoms with Crippen LogP contribution in [0.5, 0.6) is 0 Å². The molecule has 9 nitrogen and oxygen atoms in total. The third kappa shape index (κ3) is 5.05. The summed E-state index contributed by atoms with van der Waals surface area (Å²) in [5, 5.41) is 12.1. The van der Waals surface area contributed by atoms with Gasteiger partial charge in [0.25, 0.3) is 11.5 Å². The summed E-state index contributed by atoms with van der Waals surface area (Å²) in [6.45, 7) is 9.30. The van der Waals surface area contributed by atoms with Crippen LogP contribution in [-0.4, -0.2) is 64.2 Å². The lowest BCUT2D eigenvalue weighted by atomic mass is 10.1. The summed E-state index contributed by atoms with van der Waals surface area (Å²) < 4.78 is 8.61. The zero-order valence-corrected chi connectivity index (χ0v) is 20.1. The number of unbranched alkanes of at least 4 members (excludes halogenated alkanes) is 2. The normalized spacial score (nSPS) is 14.6. The average Bonchev–Trinajstić information content (AvgIpc) is 2.84. The number of ether oxygens (including phenoxy) is 1. The Morgan fingerprint density at radius 1 is 1.18 bits per heavy atom. The molecule has 2 N–H and O–H groups in total. The zero-order chi connectivity index (χ0) is 24.1. The first-order valence-corrected chi connectivity index (χ1v) is 12.2. The van der Waals surface area contributed by atoms with Crippen LogP contribution in [0, 0.1) is 12.3 Å². The number of fused-ring (bicyclic) bond motifs is 2. The average molecular weight is 467 g/mol. The van der Waals surface area contributed by atoms with E-state index in [-0.39, 0.29) is 22.5 Å². The summed E-state index contributed by atoms with van der Waals surface area (Å²) in [5.41, 5.74) is 2.00. The lowest BCUT2D eigenvalue weighted by Crippen LogP contribution is -2.39. The number of carbonyl (C=O) groups is 1. The number of carbonyl (C=O) groups excluding carboxylic acids is 1. The Hall–Kier alpha value is -3.04. The topological polar surface area (TPSA) is 105 Å². The van der Waals surface area contributed by atoms with E-state index in [0.717, 1.165) is 64.1 Å². The molecule has 1 saturated heterocycles. The van der Waals surface area contributed by atoms with Crippen molar-refractivity contribution in [3.63, 3.8) is 0 Å². The molecular formula is C25H34N6O3. The van der Waals surface area contributed by atoms with Crippen molar-refractivity contribution in [3.8, 4) is 0 Å². The summed E-state index contributed by atoms with van der Waals surface area (Å²) in [6.07, 6.45) is 5.39. The third-order valence-electron chi connectivity index (χ3n) is 6.40. The van der Waals surface area contributed by atoms with Gasteiger partial charge in [-0.15, -0.1) is 0 Å². The molecule has 4 rings (SSSR count). The van der Waals surface area contributed by atoms with E-state index in [1.54, 1.807) is 10.8 Å². The summed E-state index contributed by atoms with van der Waals surface area (Å²) >= 11 is 0. The SMILES string of the molecule is CCCCCn1c(=N)c(C(=O)NCCCN2CCOCC2)cc2c(=O)n3cccc(C)c3nc21. The Labute approximate surface area is 198 Å². The first-order valence-electron chi connectivity index (χ1n) is 12.2. The predicted octanol–water partition coefficient (Wildman–Crippen LogP) is 2.08. The van der Waals surface area contributed by atoms with Crippen molar-refractivity contribution in [1.82, 2.24) is 24.2 Å². The first kappa shape index (κ1) is 24.1. The van der Waals surface area contributed by atoms with Crippen molar-refractivity contribution in [1.29, 1.82) is 5.41 Å². The van der Waals surface area contributed by atoms with Gasteiger partial charge in [-0.25, -0.2) is 4.98 Å². The lowest BCUT2D eigenvalue weighted by Gasteiger charge is -2.26. The van der Waals surface area contributed by atoms with Crippen molar-refractivity contribution < 1.29 is 9.53 Å². The molecule has 0 spiro atoms. The summed E-state index contributed by atoms with van der Waals surface area (Å²) in [7, 11) is 0. The molecule has 0 saturated carbocycles. The van der Waals surface area contributed by atoms with E-state index >= 15 is 0 Å². The number of nitrogens with one attached hydrogen (secondary N) is 2. The molecule has 4 heterocycles. The quantitative estimate of drug-likeness (QED) is 0.371. The van der Waals surface area contributed by atoms with Crippen molar-refractivity contribution in [2.45, 2.75) is 46.1 Å². The van der Waals surface area contributed by atoms with Gasteiger partial charge in [0.05, 0.1) is 24.2 Å². The van der Waals surface area contributed by atoms with E-state index in [2.05, 4.69) is 17.1 Å².